The van der Waals surface area contributed by atoms with Gasteiger partial charge in [-0.1, -0.05) is 203 Å². The van der Waals surface area contributed by atoms with E-state index in [1.54, 1.807) is 0 Å². The van der Waals surface area contributed by atoms with Gasteiger partial charge in [0.05, 0.1) is 27.7 Å². The second-order valence-electron chi connectivity index (χ2n) is 18.8. The Balaban J connectivity index is 4.33. The highest BCUT2D eigenvalue weighted by Crippen LogP contribution is 2.43. The molecule has 0 spiro atoms. The molecule has 0 aromatic heterocycles. The number of unbranched alkanes of at least 4 members (excludes halogenated alkanes) is 6. The molecule has 2 atom stereocenters. The number of allylic oxidation sites excluding steroid dienone is 28. The number of nitrogens with zero attached hydrogens (tertiary/aromatic N) is 1. The third-order valence-corrected chi connectivity index (χ3v) is 11.7. The molecule has 414 valence electrons. The van der Waals surface area contributed by atoms with Crippen LogP contribution in [0.2, 0.25) is 0 Å². The lowest BCUT2D eigenvalue weighted by Crippen LogP contribution is -2.37. The van der Waals surface area contributed by atoms with E-state index in [1.165, 1.54) is 0 Å². The molecule has 0 fully saturated rings. The van der Waals surface area contributed by atoms with E-state index in [0.29, 0.717) is 23.9 Å². The number of phosphoric acid groups is 1. The number of hydrogen-bond acceptors (Lipinski definition) is 7. The molecule has 2 unspecified atom stereocenters. The Labute approximate surface area is 451 Å². The van der Waals surface area contributed by atoms with Crippen LogP contribution in [-0.4, -0.2) is 74.9 Å². The van der Waals surface area contributed by atoms with Crippen molar-refractivity contribution in [1.29, 1.82) is 0 Å². The Kier molecular flexibility index (Phi) is 49.9. The molecule has 0 aliphatic carbocycles. The molecule has 0 aliphatic rings. The number of rotatable bonds is 48. The molecule has 0 rings (SSSR count). The van der Waals surface area contributed by atoms with Gasteiger partial charge < -0.3 is 18.9 Å². The highest BCUT2D eigenvalue weighted by Gasteiger charge is 2.27. The topological polar surface area (TPSA) is 108 Å². The molecule has 0 aliphatic heterocycles. The monoisotopic (exact) mass is 1040 g/mol. The first kappa shape index (κ1) is 69.4. The Morgan fingerprint density at radius 3 is 1.12 bits per heavy atom. The van der Waals surface area contributed by atoms with Crippen LogP contribution in [0, 0.1) is 0 Å². The van der Waals surface area contributed by atoms with Crippen LogP contribution in [0.15, 0.2) is 170 Å². The number of hydrogen-bond donors (Lipinski definition) is 1. The first-order chi connectivity index (χ1) is 36.0. The summed E-state index contributed by atoms with van der Waals surface area (Å²) >= 11 is 0. The van der Waals surface area contributed by atoms with Gasteiger partial charge in [-0.2, -0.15) is 0 Å². The molecular formula is C64H101NO8P+. The molecule has 0 saturated carbocycles. The molecule has 0 bridgehead atoms. The summed E-state index contributed by atoms with van der Waals surface area (Å²) in [5, 5.41) is 0. The smallest absolute Gasteiger partial charge is 0.462 e. The van der Waals surface area contributed by atoms with Gasteiger partial charge in [-0.15, -0.1) is 0 Å². The zero-order valence-electron chi connectivity index (χ0n) is 46.7. The van der Waals surface area contributed by atoms with Crippen molar-refractivity contribution < 1.29 is 42.1 Å². The number of quaternary nitrogens is 1. The van der Waals surface area contributed by atoms with E-state index in [1.807, 2.05) is 21.1 Å². The Morgan fingerprint density at radius 2 is 0.743 bits per heavy atom. The van der Waals surface area contributed by atoms with Crippen molar-refractivity contribution in [1.82, 2.24) is 0 Å². The van der Waals surface area contributed by atoms with Crippen molar-refractivity contribution in [3.05, 3.63) is 170 Å². The van der Waals surface area contributed by atoms with Gasteiger partial charge in [-0.25, -0.2) is 4.57 Å². The maximum Gasteiger partial charge on any atom is 0.472 e. The summed E-state index contributed by atoms with van der Waals surface area (Å²) in [5.74, 6) is -0.907. The Bertz CT molecular complexity index is 1850. The summed E-state index contributed by atoms with van der Waals surface area (Å²) in [5.41, 5.74) is 0. The zero-order chi connectivity index (χ0) is 54.2. The van der Waals surface area contributed by atoms with Crippen LogP contribution in [-0.2, 0) is 32.7 Å². The zero-order valence-corrected chi connectivity index (χ0v) is 47.6. The molecular weight excluding hydrogens is 942 g/mol. The van der Waals surface area contributed by atoms with Crippen molar-refractivity contribution in [3.8, 4) is 0 Å². The Hall–Kier alpha value is -4.63. The molecule has 0 saturated heterocycles. The normalized spacial score (nSPS) is 14.6. The van der Waals surface area contributed by atoms with E-state index in [2.05, 4.69) is 184 Å². The molecule has 0 radical (unpaired) electrons. The van der Waals surface area contributed by atoms with Gasteiger partial charge >= 0.3 is 19.8 Å². The van der Waals surface area contributed by atoms with E-state index in [9.17, 15) is 19.0 Å². The van der Waals surface area contributed by atoms with Crippen molar-refractivity contribution in [2.24, 2.45) is 0 Å². The summed E-state index contributed by atoms with van der Waals surface area (Å²) in [6.45, 7) is 4.07. The summed E-state index contributed by atoms with van der Waals surface area (Å²) < 4.78 is 34.4. The van der Waals surface area contributed by atoms with Gasteiger partial charge in [0.2, 0.25) is 0 Å². The first-order valence-electron chi connectivity index (χ1n) is 27.9. The van der Waals surface area contributed by atoms with Crippen molar-refractivity contribution in [3.63, 3.8) is 0 Å². The average molecular weight is 1040 g/mol. The summed E-state index contributed by atoms with van der Waals surface area (Å²) in [4.78, 5) is 35.6. The summed E-state index contributed by atoms with van der Waals surface area (Å²) in [6.07, 6.45) is 81.4. The fraction of sp³-hybridized carbons (Fsp3) is 0.531. The third-order valence-electron chi connectivity index (χ3n) is 10.7. The number of carbonyl (C=O) groups is 2. The lowest BCUT2D eigenvalue weighted by Gasteiger charge is -2.24. The molecule has 9 nitrogen and oxygen atoms in total. The van der Waals surface area contributed by atoms with Crippen LogP contribution in [0.1, 0.15) is 168 Å². The van der Waals surface area contributed by atoms with Gasteiger partial charge in [-0.05, 0) is 122 Å². The second kappa shape index (κ2) is 53.2. The lowest BCUT2D eigenvalue weighted by molar-refractivity contribution is -0.870. The van der Waals surface area contributed by atoms with E-state index in [4.69, 9.17) is 18.5 Å². The number of likely N-dealkylation sites (N-methyl/N-ethyl adjacent to an activating group) is 1. The molecule has 0 aromatic carbocycles. The van der Waals surface area contributed by atoms with Gasteiger partial charge in [0.25, 0.3) is 0 Å². The van der Waals surface area contributed by atoms with Crippen LogP contribution in [0.3, 0.4) is 0 Å². The first-order valence-corrected chi connectivity index (χ1v) is 29.4. The molecule has 10 heteroatoms. The quantitative estimate of drug-likeness (QED) is 0.0211. The van der Waals surface area contributed by atoms with Gasteiger partial charge in [0.15, 0.2) is 6.10 Å². The minimum atomic E-state index is -4.42. The summed E-state index contributed by atoms with van der Waals surface area (Å²) in [6, 6.07) is 0. The molecule has 1 N–H and O–H groups in total. The predicted octanol–water partition coefficient (Wildman–Crippen LogP) is 17.5. The van der Waals surface area contributed by atoms with Crippen LogP contribution >= 0.6 is 7.82 Å². The Morgan fingerprint density at radius 1 is 0.419 bits per heavy atom. The maximum absolute atomic E-state index is 12.8. The highest BCUT2D eigenvalue weighted by atomic mass is 31.2. The van der Waals surface area contributed by atoms with Crippen molar-refractivity contribution in [2.45, 2.75) is 174 Å². The lowest BCUT2D eigenvalue weighted by atomic mass is 10.1. The number of ether oxygens (including phenoxy) is 2. The minimum absolute atomic E-state index is 0.00792. The van der Waals surface area contributed by atoms with Crippen LogP contribution < -0.4 is 0 Å². The van der Waals surface area contributed by atoms with Gasteiger partial charge in [0.1, 0.15) is 19.8 Å². The van der Waals surface area contributed by atoms with Crippen LogP contribution in [0.4, 0.5) is 0 Å². The summed E-state index contributed by atoms with van der Waals surface area (Å²) in [7, 11) is 1.40. The number of esters is 2. The van der Waals surface area contributed by atoms with E-state index >= 15 is 0 Å². The van der Waals surface area contributed by atoms with E-state index in [0.717, 1.165) is 128 Å². The molecule has 74 heavy (non-hydrogen) atoms. The standard InChI is InChI=1S/C64H100NO8P/c1-6-8-10-12-14-16-18-20-22-24-25-26-27-28-29-30-31-32-33-34-35-36-37-38-39-41-43-45-47-49-51-53-55-57-64(67)73-62(61-72-74(68,69)71-59-58-65(3,4)5)60-70-63(66)56-54-52-50-48-46-44-42-40-23-21-19-17-15-13-11-9-7-2/h8-11,14-17,20-23,25-26,28-29,31-32,34-35,37-38,41-44,48,50,62H,6-7,12-13,18-19,24,27,30,33,36,39-40,45-47,49,51-61H2,1-5H3/p+1/b10-8-,11-9-,16-14-,17-15-,22-20-,23-21-,26-25-,29-28-,32-31-,35-34-,38-37-,43-41-,44-42-,50-48-. The average Bonchev–Trinajstić information content (AvgIpc) is 3.36. The second-order valence-corrected chi connectivity index (χ2v) is 20.3. The minimum Gasteiger partial charge on any atom is -0.462 e. The van der Waals surface area contributed by atoms with Crippen LogP contribution in [0.25, 0.3) is 0 Å². The van der Waals surface area contributed by atoms with Crippen molar-refractivity contribution in [2.75, 3.05) is 47.5 Å². The van der Waals surface area contributed by atoms with Gasteiger partial charge in [-0.3, -0.25) is 18.6 Å². The number of carbonyl (C=O) groups excluding carboxylic acids is 2. The van der Waals surface area contributed by atoms with E-state index in [-0.39, 0.29) is 26.1 Å². The van der Waals surface area contributed by atoms with Gasteiger partial charge in [0, 0.05) is 12.8 Å². The third kappa shape index (κ3) is 56.7. The van der Waals surface area contributed by atoms with Crippen LogP contribution in [0.5, 0.6) is 0 Å². The fourth-order valence-electron chi connectivity index (χ4n) is 6.51. The maximum atomic E-state index is 12.8. The number of phosphoric ester groups is 1. The molecule has 0 heterocycles. The largest absolute Gasteiger partial charge is 0.472 e. The fourth-order valence-corrected chi connectivity index (χ4v) is 7.25. The SMILES string of the molecule is CC/C=C\C/C=C\C/C=C\C/C=C\C/C=C\C/C=C\C/C=C\C/C=C\C/C=C\CCCCCCCC(=O)OC(COC(=O)CCC/C=C\C/C=C\C/C=C\C/C=C\C/C=C\CC)COP(=O)(O)OCC[N+](C)(C)C. The molecule has 0 amide bonds. The predicted molar refractivity (Wildman–Crippen MR) is 316 cm³/mol. The van der Waals surface area contributed by atoms with E-state index < -0.39 is 32.5 Å². The van der Waals surface area contributed by atoms with Crippen molar-refractivity contribution >= 4 is 19.8 Å². The highest BCUT2D eigenvalue weighted by molar-refractivity contribution is 7.47. The molecule has 0 aromatic rings.